The largest absolute Gasteiger partial charge is 0.469 e. The summed E-state index contributed by atoms with van der Waals surface area (Å²) in [7, 11) is 1.39. The van der Waals surface area contributed by atoms with E-state index >= 15 is 0 Å². The van der Waals surface area contributed by atoms with E-state index in [-0.39, 0.29) is 5.97 Å². The standard InChI is InChI=1S/C12H13BrO2/c1-9-10(5-3-7-11(9)13)6-4-8-12(14)15-2/h3-7H,8H2,1-2H3. The van der Waals surface area contributed by atoms with Gasteiger partial charge in [0.15, 0.2) is 0 Å². The third-order valence-electron chi connectivity index (χ3n) is 2.12. The number of benzene rings is 1. The van der Waals surface area contributed by atoms with Crippen LogP contribution >= 0.6 is 15.9 Å². The van der Waals surface area contributed by atoms with E-state index in [0.29, 0.717) is 6.42 Å². The Balaban J connectivity index is 2.72. The zero-order valence-corrected chi connectivity index (χ0v) is 10.4. The molecule has 0 radical (unpaired) electrons. The normalized spacial score (nSPS) is 10.6. The van der Waals surface area contributed by atoms with Crippen LogP contribution in [-0.4, -0.2) is 13.1 Å². The minimum atomic E-state index is -0.223. The van der Waals surface area contributed by atoms with E-state index in [0.717, 1.165) is 10.0 Å². The van der Waals surface area contributed by atoms with Gasteiger partial charge in [-0.25, -0.2) is 0 Å². The molecule has 0 N–H and O–H groups in total. The van der Waals surface area contributed by atoms with E-state index in [9.17, 15) is 4.79 Å². The van der Waals surface area contributed by atoms with E-state index in [4.69, 9.17) is 0 Å². The number of rotatable bonds is 3. The Kier molecular flexibility index (Phi) is 4.56. The van der Waals surface area contributed by atoms with Crippen molar-refractivity contribution in [3.63, 3.8) is 0 Å². The SMILES string of the molecule is COC(=O)CC=Cc1cccc(Br)c1C. The summed E-state index contributed by atoms with van der Waals surface area (Å²) in [5, 5.41) is 0. The van der Waals surface area contributed by atoms with Crippen molar-refractivity contribution in [2.24, 2.45) is 0 Å². The summed E-state index contributed by atoms with van der Waals surface area (Å²) < 4.78 is 5.61. The van der Waals surface area contributed by atoms with E-state index in [1.165, 1.54) is 12.7 Å². The van der Waals surface area contributed by atoms with Crippen LogP contribution in [0.1, 0.15) is 17.5 Å². The van der Waals surface area contributed by atoms with E-state index in [1.54, 1.807) is 6.08 Å². The zero-order chi connectivity index (χ0) is 11.3. The molecule has 0 saturated carbocycles. The number of halogens is 1. The molecule has 0 bridgehead atoms. The summed E-state index contributed by atoms with van der Waals surface area (Å²) in [6.07, 6.45) is 4.04. The van der Waals surface area contributed by atoms with Gasteiger partial charge in [0, 0.05) is 4.47 Å². The molecular weight excluding hydrogens is 256 g/mol. The maximum Gasteiger partial charge on any atom is 0.309 e. The van der Waals surface area contributed by atoms with Crippen LogP contribution in [0.2, 0.25) is 0 Å². The van der Waals surface area contributed by atoms with E-state index < -0.39 is 0 Å². The van der Waals surface area contributed by atoms with Gasteiger partial charge in [0.2, 0.25) is 0 Å². The highest BCUT2D eigenvalue weighted by Gasteiger charge is 1.98. The Morgan fingerprint density at radius 1 is 1.53 bits per heavy atom. The lowest BCUT2D eigenvalue weighted by Crippen LogP contribution is -1.96. The Hall–Kier alpha value is -1.09. The molecule has 3 heteroatoms. The topological polar surface area (TPSA) is 26.3 Å². The smallest absolute Gasteiger partial charge is 0.309 e. The molecule has 2 nitrogen and oxygen atoms in total. The van der Waals surface area contributed by atoms with Crippen molar-refractivity contribution < 1.29 is 9.53 Å². The summed E-state index contributed by atoms with van der Waals surface area (Å²) in [6.45, 7) is 2.03. The second kappa shape index (κ2) is 5.71. The minimum Gasteiger partial charge on any atom is -0.469 e. The zero-order valence-electron chi connectivity index (χ0n) is 8.79. The molecule has 0 amide bonds. The van der Waals surface area contributed by atoms with Crippen molar-refractivity contribution in [1.29, 1.82) is 0 Å². The molecule has 0 atom stereocenters. The highest BCUT2D eigenvalue weighted by Crippen LogP contribution is 2.20. The summed E-state index contributed by atoms with van der Waals surface area (Å²) in [4.78, 5) is 10.9. The fourth-order valence-electron chi connectivity index (χ4n) is 1.17. The number of hydrogen-bond donors (Lipinski definition) is 0. The van der Waals surface area contributed by atoms with Crippen LogP contribution in [0.5, 0.6) is 0 Å². The van der Waals surface area contributed by atoms with Gasteiger partial charge < -0.3 is 4.74 Å². The van der Waals surface area contributed by atoms with Crippen LogP contribution < -0.4 is 0 Å². The average Bonchev–Trinajstić information content (AvgIpc) is 2.24. The molecule has 80 valence electrons. The fourth-order valence-corrected chi connectivity index (χ4v) is 1.55. The quantitative estimate of drug-likeness (QED) is 0.787. The van der Waals surface area contributed by atoms with Gasteiger partial charge in [0.05, 0.1) is 13.5 Å². The number of methoxy groups -OCH3 is 1. The van der Waals surface area contributed by atoms with Crippen LogP contribution in [-0.2, 0) is 9.53 Å². The van der Waals surface area contributed by atoms with Crippen LogP contribution in [0.15, 0.2) is 28.7 Å². The highest BCUT2D eigenvalue weighted by atomic mass is 79.9. The second-order valence-corrected chi connectivity index (χ2v) is 3.99. The van der Waals surface area contributed by atoms with Crippen LogP contribution in [0, 0.1) is 6.92 Å². The van der Waals surface area contributed by atoms with Crippen LogP contribution in [0.25, 0.3) is 6.08 Å². The van der Waals surface area contributed by atoms with Gasteiger partial charge in [-0.2, -0.15) is 0 Å². The summed E-state index contributed by atoms with van der Waals surface area (Å²) >= 11 is 3.46. The lowest BCUT2D eigenvalue weighted by atomic mass is 10.1. The van der Waals surface area contributed by atoms with Gasteiger partial charge in [0.25, 0.3) is 0 Å². The molecule has 0 fully saturated rings. The maximum absolute atomic E-state index is 10.9. The Bertz CT molecular complexity index is 383. The first-order valence-corrected chi connectivity index (χ1v) is 5.43. The number of ether oxygens (including phenoxy) is 1. The third-order valence-corrected chi connectivity index (χ3v) is 2.98. The predicted molar refractivity (Wildman–Crippen MR) is 64.5 cm³/mol. The molecule has 15 heavy (non-hydrogen) atoms. The number of carbonyl (C=O) groups excluding carboxylic acids is 1. The molecule has 0 spiro atoms. The average molecular weight is 269 g/mol. The number of carbonyl (C=O) groups is 1. The number of esters is 1. The monoisotopic (exact) mass is 268 g/mol. The van der Waals surface area contributed by atoms with Crippen molar-refractivity contribution >= 4 is 28.0 Å². The molecule has 0 heterocycles. The summed E-state index contributed by atoms with van der Waals surface area (Å²) in [5.74, 6) is -0.223. The van der Waals surface area contributed by atoms with Crippen LogP contribution in [0.3, 0.4) is 0 Å². The molecule has 0 aromatic heterocycles. The van der Waals surface area contributed by atoms with Crippen molar-refractivity contribution in [3.8, 4) is 0 Å². The predicted octanol–water partition coefficient (Wildman–Crippen LogP) is 3.33. The van der Waals surface area contributed by atoms with Crippen LogP contribution in [0.4, 0.5) is 0 Å². The van der Waals surface area contributed by atoms with Gasteiger partial charge in [-0.3, -0.25) is 4.79 Å². The first-order valence-electron chi connectivity index (χ1n) is 4.63. The molecule has 1 rings (SSSR count). The van der Waals surface area contributed by atoms with Crippen molar-refractivity contribution in [2.45, 2.75) is 13.3 Å². The van der Waals surface area contributed by atoms with E-state index in [1.807, 2.05) is 31.2 Å². The lowest BCUT2D eigenvalue weighted by molar-refractivity contribution is -0.139. The maximum atomic E-state index is 10.9. The molecule has 0 unspecified atom stereocenters. The Morgan fingerprint density at radius 3 is 2.93 bits per heavy atom. The molecule has 0 aliphatic rings. The van der Waals surface area contributed by atoms with Gasteiger partial charge in [-0.1, -0.05) is 40.2 Å². The first kappa shape index (κ1) is 12.0. The molecule has 0 aliphatic heterocycles. The number of hydrogen-bond acceptors (Lipinski definition) is 2. The van der Waals surface area contributed by atoms with Gasteiger partial charge in [-0.15, -0.1) is 0 Å². The molecular formula is C12H13BrO2. The van der Waals surface area contributed by atoms with Crippen molar-refractivity contribution in [1.82, 2.24) is 0 Å². The molecule has 1 aromatic rings. The minimum absolute atomic E-state index is 0.223. The van der Waals surface area contributed by atoms with Gasteiger partial charge >= 0.3 is 5.97 Å². The summed E-state index contributed by atoms with van der Waals surface area (Å²) in [5.41, 5.74) is 2.27. The Labute approximate surface area is 98.1 Å². The molecule has 0 aliphatic carbocycles. The highest BCUT2D eigenvalue weighted by molar-refractivity contribution is 9.10. The molecule has 1 aromatic carbocycles. The van der Waals surface area contributed by atoms with Gasteiger partial charge in [0.1, 0.15) is 0 Å². The lowest BCUT2D eigenvalue weighted by Gasteiger charge is -2.02. The second-order valence-electron chi connectivity index (χ2n) is 3.14. The van der Waals surface area contributed by atoms with Crippen molar-refractivity contribution in [3.05, 3.63) is 39.9 Å². The summed E-state index contributed by atoms with van der Waals surface area (Å²) in [6, 6.07) is 5.97. The van der Waals surface area contributed by atoms with Crippen molar-refractivity contribution in [2.75, 3.05) is 7.11 Å². The van der Waals surface area contributed by atoms with E-state index in [2.05, 4.69) is 20.7 Å². The Morgan fingerprint density at radius 2 is 2.27 bits per heavy atom. The fraction of sp³-hybridized carbons (Fsp3) is 0.250. The third kappa shape index (κ3) is 3.51. The van der Waals surface area contributed by atoms with Gasteiger partial charge in [-0.05, 0) is 24.1 Å². The first-order chi connectivity index (χ1) is 7.15. The molecule has 0 saturated heterocycles.